The number of hydrogen-bond acceptors (Lipinski definition) is 4. The van der Waals surface area contributed by atoms with Gasteiger partial charge < -0.3 is 14.6 Å². The van der Waals surface area contributed by atoms with Crippen LogP contribution in [0.25, 0.3) is 0 Å². The summed E-state index contributed by atoms with van der Waals surface area (Å²) in [5, 5.41) is 10.7. The van der Waals surface area contributed by atoms with E-state index in [0.29, 0.717) is 18.9 Å². The fraction of sp³-hybridized carbons (Fsp3) is 0.471. The largest absolute Gasteiger partial charge is 0.493 e. The Morgan fingerprint density at radius 3 is 2.52 bits per heavy atom. The minimum absolute atomic E-state index is 0.0701. The number of nitrogens with zero attached hydrogens (tertiary/aromatic N) is 3. The van der Waals surface area contributed by atoms with Gasteiger partial charge in [-0.1, -0.05) is 26.0 Å². The molecule has 0 saturated heterocycles. The molecule has 6 heteroatoms. The highest BCUT2D eigenvalue weighted by atomic mass is 16.5. The van der Waals surface area contributed by atoms with E-state index in [9.17, 15) is 4.79 Å². The molecule has 23 heavy (non-hydrogen) atoms. The number of hydrogen-bond donors (Lipinski definition) is 1. The second-order valence-corrected chi connectivity index (χ2v) is 5.91. The number of nitrogens with one attached hydrogen (secondary N) is 1. The molecule has 1 amide bonds. The second kappa shape index (κ2) is 7.76. The monoisotopic (exact) mass is 316 g/mol. The molecule has 2 aromatic rings. The number of carbonyl (C=O) groups is 1. The van der Waals surface area contributed by atoms with Gasteiger partial charge in [-0.05, 0) is 30.5 Å². The third kappa shape index (κ3) is 4.81. The Balaban J connectivity index is 1.75. The van der Waals surface area contributed by atoms with Gasteiger partial charge in [-0.15, -0.1) is 10.2 Å². The summed E-state index contributed by atoms with van der Waals surface area (Å²) in [4.78, 5) is 11.9. The molecule has 1 heterocycles. The van der Waals surface area contributed by atoms with Gasteiger partial charge >= 0.3 is 0 Å². The number of ether oxygens (including phenoxy) is 1. The number of aryl methyl sites for hydroxylation is 1. The van der Waals surface area contributed by atoms with Crippen LogP contribution in [0.15, 0.2) is 30.6 Å². The van der Waals surface area contributed by atoms with Crippen LogP contribution in [-0.4, -0.2) is 27.3 Å². The second-order valence-electron chi connectivity index (χ2n) is 5.91. The van der Waals surface area contributed by atoms with E-state index in [0.717, 1.165) is 11.6 Å². The van der Waals surface area contributed by atoms with Crippen molar-refractivity contribution in [2.45, 2.75) is 39.2 Å². The Hall–Kier alpha value is -2.37. The van der Waals surface area contributed by atoms with Crippen LogP contribution in [0, 0.1) is 0 Å². The third-order valence-electron chi connectivity index (χ3n) is 3.66. The molecule has 1 atom stereocenters. The van der Waals surface area contributed by atoms with Gasteiger partial charge in [0.1, 0.15) is 12.1 Å². The minimum Gasteiger partial charge on any atom is -0.493 e. The van der Waals surface area contributed by atoms with E-state index >= 15 is 0 Å². The summed E-state index contributed by atoms with van der Waals surface area (Å²) >= 11 is 0. The highest BCUT2D eigenvalue weighted by Gasteiger charge is 2.14. The zero-order valence-corrected chi connectivity index (χ0v) is 14.1. The Labute approximate surface area is 136 Å². The maximum absolute atomic E-state index is 11.9. The van der Waals surface area contributed by atoms with Crippen molar-refractivity contribution >= 4 is 5.91 Å². The Bertz CT molecular complexity index is 634. The first kappa shape index (κ1) is 17.0. The quantitative estimate of drug-likeness (QED) is 0.852. The van der Waals surface area contributed by atoms with Crippen molar-refractivity contribution in [3.8, 4) is 5.75 Å². The lowest BCUT2D eigenvalue weighted by Gasteiger charge is -2.13. The summed E-state index contributed by atoms with van der Waals surface area (Å²) in [6.07, 6.45) is 1.91. The van der Waals surface area contributed by atoms with Crippen LogP contribution in [-0.2, 0) is 11.8 Å². The summed E-state index contributed by atoms with van der Waals surface area (Å²) in [6, 6.07) is 7.80. The first-order valence-corrected chi connectivity index (χ1v) is 7.83. The van der Waals surface area contributed by atoms with E-state index in [2.05, 4.69) is 41.5 Å². The van der Waals surface area contributed by atoms with Crippen molar-refractivity contribution in [3.05, 3.63) is 42.0 Å². The van der Waals surface area contributed by atoms with Gasteiger partial charge in [-0.25, -0.2) is 0 Å². The summed E-state index contributed by atoms with van der Waals surface area (Å²) < 4.78 is 7.40. The SMILES string of the molecule is CC(C)c1ccc(OCCC(=O)N[C@H](C)c2nncn2C)cc1. The van der Waals surface area contributed by atoms with Crippen LogP contribution in [0.3, 0.4) is 0 Å². The van der Waals surface area contributed by atoms with E-state index in [1.807, 2.05) is 26.1 Å². The fourth-order valence-corrected chi connectivity index (χ4v) is 2.27. The minimum atomic E-state index is -0.180. The molecule has 0 unspecified atom stereocenters. The van der Waals surface area contributed by atoms with Gasteiger partial charge in [0, 0.05) is 7.05 Å². The lowest BCUT2D eigenvalue weighted by molar-refractivity contribution is -0.122. The van der Waals surface area contributed by atoms with Crippen LogP contribution in [0.2, 0.25) is 0 Å². The van der Waals surface area contributed by atoms with Crippen LogP contribution in [0.1, 0.15) is 50.5 Å². The summed E-state index contributed by atoms with van der Waals surface area (Å²) in [7, 11) is 1.85. The Kier molecular flexibility index (Phi) is 5.73. The molecule has 2 rings (SSSR count). The maximum Gasteiger partial charge on any atom is 0.224 e. The van der Waals surface area contributed by atoms with Gasteiger partial charge in [0.05, 0.1) is 19.1 Å². The van der Waals surface area contributed by atoms with E-state index in [1.54, 1.807) is 10.9 Å². The lowest BCUT2D eigenvalue weighted by Crippen LogP contribution is -2.29. The summed E-state index contributed by atoms with van der Waals surface area (Å²) in [6.45, 7) is 6.53. The average Bonchev–Trinajstić information content (AvgIpc) is 2.94. The molecule has 0 spiro atoms. The molecule has 1 aromatic heterocycles. The molecule has 0 aliphatic rings. The van der Waals surface area contributed by atoms with Crippen molar-refractivity contribution < 1.29 is 9.53 Å². The molecule has 1 aromatic carbocycles. The number of aromatic nitrogens is 3. The summed E-state index contributed by atoms with van der Waals surface area (Å²) in [5.74, 6) is 1.93. The molecular weight excluding hydrogens is 292 g/mol. The zero-order valence-electron chi connectivity index (χ0n) is 14.1. The van der Waals surface area contributed by atoms with Gasteiger partial charge in [-0.3, -0.25) is 4.79 Å². The molecule has 0 saturated carbocycles. The molecule has 1 N–H and O–H groups in total. The average molecular weight is 316 g/mol. The van der Waals surface area contributed by atoms with Crippen molar-refractivity contribution in [3.63, 3.8) is 0 Å². The van der Waals surface area contributed by atoms with Crippen molar-refractivity contribution in [1.82, 2.24) is 20.1 Å². The van der Waals surface area contributed by atoms with E-state index in [-0.39, 0.29) is 11.9 Å². The molecule has 0 aliphatic carbocycles. The molecule has 0 bridgehead atoms. The van der Waals surface area contributed by atoms with Gasteiger partial charge in [0.25, 0.3) is 0 Å². The molecule has 0 fully saturated rings. The third-order valence-corrected chi connectivity index (χ3v) is 3.66. The first-order valence-electron chi connectivity index (χ1n) is 7.83. The van der Waals surface area contributed by atoms with E-state index in [1.165, 1.54) is 5.56 Å². The molecule has 0 aliphatic heterocycles. The van der Waals surface area contributed by atoms with Crippen molar-refractivity contribution in [2.75, 3.05) is 6.61 Å². The van der Waals surface area contributed by atoms with Crippen LogP contribution < -0.4 is 10.1 Å². The van der Waals surface area contributed by atoms with Crippen molar-refractivity contribution in [1.29, 1.82) is 0 Å². The van der Waals surface area contributed by atoms with Crippen molar-refractivity contribution in [2.24, 2.45) is 7.05 Å². The number of amides is 1. The predicted molar refractivity (Wildman–Crippen MR) is 88.2 cm³/mol. The first-order chi connectivity index (χ1) is 11.0. The Morgan fingerprint density at radius 1 is 1.26 bits per heavy atom. The van der Waals surface area contributed by atoms with E-state index in [4.69, 9.17) is 4.74 Å². The smallest absolute Gasteiger partial charge is 0.224 e. The number of benzene rings is 1. The summed E-state index contributed by atoms with van der Waals surface area (Å²) in [5.41, 5.74) is 1.27. The van der Waals surface area contributed by atoms with E-state index < -0.39 is 0 Å². The standard InChI is InChI=1S/C17H24N4O2/c1-12(2)14-5-7-15(8-6-14)23-10-9-16(22)19-13(3)17-20-18-11-21(17)4/h5-8,11-13H,9-10H2,1-4H3,(H,19,22)/t13-/m1/s1. The predicted octanol–water partition coefficient (Wildman–Crippen LogP) is 2.58. The fourth-order valence-electron chi connectivity index (χ4n) is 2.27. The highest BCUT2D eigenvalue weighted by molar-refractivity contribution is 5.76. The maximum atomic E-state index is 11.9. The van der Waals surface area contributed by atoms with Gasteiger partial charge in [0.15, 0.2) is 5.82 Å². The topological polar surface area (TPSA) is 69.0 Å². The van der Waals surface area contributed by atoms with Gasteiger partial charge in [-0.2, -0.15) is 0 Å². The molecule has 124 valence electrons. The molecule has 6 nitrogen and oxygen atoms in total. The lowest BCUT2D eigenvalue weighted by atomic mass is 10.0. The number of carbonyl (C=O) groups excluding carboxylic acids is 1. The normalized spacial score (nSPS) is 12.2. The Morgan fingerprint density at radius 2 is 1.96 bits per heavy atom. The van der Waals surface area contributed by atoms with Crippen LogP contribution >= 0.6 is 0 Å². The number of rotatable bonds is 7. The molecular formula is C17H24N4O2. The molecule has 0 radical (unpaired) electrons. The van der Waals surface area contributed by atoms with Crippen LogP contribution in [0.5, 0.6) is 5.75 Å². The highest BCUT2D eigenvalue weighted by Crippen LogP contribution is 2.18. The van der Waals surface area contributed by atoms with Crippen LogP contribution in [0.4, 0.5) is 0 Å². The zero-order chi connectivity index (χ0) is 16.8. The van der Waals surface area contributed by atoms with Gasteiger partial charge in [0.2, 0.25) is 5.91 Å².